The number of anilines is 1. The van der Waals surface area contributed by atoms with E-state index in [-0.39, 0.29) is 0 Å². The Labute approximate surface area is 115 Å². The van der Waals surface area contributed by atoms with Gasteiger partial charge in [-0.05, 0) is 30.7 Å². The van der Waals surface area contributed by atoms with E-state index in [2.05, 4.69) is 47.2 Å². The van der Waals surface area contributed by atoms with E-state index in [1.165, 1.54) is 5.56 Å². The van der Waals surface area contributed by atoms with E-state index in [0.717, 1.165) is 31.7 Å². The van der Waals surface area contributed by atoms with Gasteiger partial charge >= 0.3 is 0 Å². The first-order chi connectivity index (χ1) is 8.80. The number of nitrogens with two attached hydrogens (primary N) is 1. The lowest BCUT2D eigenvalue weighted by Gasteiger charge is -2.19. The quantitative estimate of drug-likeness (QED) is 0.434. The lowest BCUT2D eigenvalue weighted by Crippen LogP contribution is -2.42. The van der Waals surface area contributed by atoms with E-state index in [4.69, 9.17) is 5.73 Å². The second-order valence-electron chi connectivity index (χ2n) is 4.26. The van der Waals surface area contributed by atoms with Gasteiger partial charge in [-0.1, -0.05) is 31.9 Å². The second kappa shape index (κ2) is 9.22. The molecule has 0 saturated carbocycles. The van der Waals surface area contributed by atoms with Crippen molar-refractivity contribution in [3.8, 4) is 0 Å². The van der Waals surface area contributed by atoms with Crippen molar-refractivity contribution in [2.75, 3.05) is 30.9 Å². The van der Waals surface area contributed by atoms with E-state index in [1.807, 2.05) is 12.1 Å². The standard InChI is InChI=1S/C13H24N4S/c1-2-15-10-13(16-8-7-14)9-11-3-5-12(17-18)6-4-11/h3-6,13,15-18H,2,7-10,14H2,1H3. The molecule has 102 valence electrons. The van der Waals surface area contributed by atoms with Crippen molar-refractivity contribution in [1.29, 1.82) is 0 Å². The van der Waals surface area contributed by atoms with Gasteiger partial charge in [0.1, 0.15) is 0 Å². The molecule has 0 spiro atoms. The lowest BCUT2D eigenvalue weighted by molar-refractivity contribution is 0.482. The molecule has 1 atom stereocenters. The third-order valence-electron chi connectivity index (χ3n) is 2.78. The van der Waals surface area contributed by atoms with E-state index < -0.39 is 0 Å². The summed E-state index contributed by atoms with van der Waals surface area (Å²) in [5.74, 6) is 0. The van der Waals surface area contributed by atoms with Crippen molar-refractivity contribution < 1.29 is 0 Å². The summed E-state index contributed by atoms with van der Waals surface area (Å²) < 4.78 is 2.83. The molecule has 1 aromatic rings. The van der Waals surface area contributed by atoms with Crippen LogP contribution in [0.25, 0.3) is 0 Å². The van der Waals surface area contributed by atoms with Crippen molar-refractivity contribution in [3.05, 3.63) is 29.8 Å². The van der Waals surface area contributed by atoms with Crippen molar-refractivity contribution in [1.82, 2.24) is 10.6 Å². The first-order valence-electron chi connectivity index (χ1n) is 6.43. The number of likely N-dealkylation sites (N-methyl/N-ethyl adjacent to an activating group) is 1. The van der Waals surface area contributed by atoms with Gasteiger partial charge in [-0.15, -0.1) is 0 Å². The third-order valence-corrected chi connectivity index (χ3v) is 3.04. The van der Waals surface area contributed by atoms with Crippen molar-refractivity contribution in [2.24, 2.45) is 5.73 Å². The summed E-state index contributed by atoms with van der Waals surface area (Å²) in [6.07, 6.45) is 1.000. The van der Waals surface area contributed by atoms with E-state index in [9.17, 15) is 0 Å². The number of rotatable bonds is 9. The van der Waals surface area contributed by atoms with Crippen molar-refractivity contribution in [2.45, 2.75) is 19.4 Å². The molecule has 1 unspecified atom stereocenters. The normalized spacial score (nSPS) is 12.4. The summed E-state index contributed by atoms with van der Waals surface area (Å²) in [5, 5.41) is 6.84. The Kier molecular flexibility index (Phi) is 7.84. The van der Waals surface area contributed by atoms with Crippen LogP contribution < -0.4 is 21.1 Å². The molecule has 0 aliphatic carbocycles. The minimum absolute atomic E-state index is 0.420. The average Bonchev–Trinajstić information content (AvgIpc) is 2.42. The topological polar surface area (TPSA) is 62.1 Å². The fourth-order valence-corrected chi connectivity index (χ4v) is 1.97. The summed E-state index contributed by atoms with van der Waals surface area (Å²) in [7, 11) is 0. The largest absolute Gasteiger partial charge is 0.332 e. The molecule has 5 heteroatoms. The maximum absolute atomic E-state index is 5.54. The summed E-state index contributed by atoms with van der Waals surface area (Å²) in [6.45, 7) is 5.59. The molecule has 1 rings (SSSR count). The summed E-state index contributed by atoms with van der Waals surface area (Å²) in [6, 6.07) is 8.75. The zero-order valence-corrected chi connectivity index (χ0v) is 11.8. The Morgan fingerprint density at radius 3 is 2.56 bits per heavy atom. The van der Waals surface area contributed by atoms with E-state index in [1.54, 1.807) is 0 Å². The Morgan fingerprint density at radius 2 is 2.00 bits per heavy atom. The van der Waals surface area contributed by atoms with Crippen LogP contribution in [0.3, 0.4) is 0 Å². The van der Waals surface area contributed by atoms with Crippen LogP contribution in [0, 0.1) is 0 Å². The smallest absolute Gasteiger partial charge is 0.0438 e. The van der Waals surface area contributed by atoms with Crippen LogP contribution in [0.1, 0.15) is 12.5 Å². The Hall–Kier alpha value is -0.750. The first kappa shape index (κ1) is 15.3. The molecule has 0 aliphatic rings. The number of benzene rings is 1. The number of hydrogen-bond donors (Lipinski definition) is 5. The van der Waals surface area contributed by atoms with Crippen LogP contribution in [-0.2, 0) is 6.42 Å². The summed E-state index contributed by atoms with van der Waals surface area (Å²) >= 11 is 4.02. The molecule has 0 saturated heterocycles. The molecular formula is C13H24N4S. The minimum atomic E-state index is 0.420. The summed E-state index contributed by atoms with van der Waals surface area (Å²) in [4.78, 5) is 0. The second-order valence-corrected chi connectivity index (χ2v) is 4.48. The molecule has 5 N–H and O–H groups in total. The highest BCUT2D eigenvalue weighted by Crippen LogP contribution is 2.11. The SMILES string of the molecule is CCNCC(Cc1ccc(NS)cc1)NCCN. The molecule has 0 aliphatic heterocycles. The maximum Gasteiger partial charge on any atom is 0.0438 e. The Morgan fingerprint density at radius 1 is 1.28 bits per heavy atom. The molecule has 0 heterocycles. The number of nitrogens with one attached hydrogen (secondary N) is 3. The van der Waals surface area contributed by atoms with Crippen LogP contribution in [0.4, 0.5) is 5.69 Å². The number of thiol groups is 1. The molecular weight excluding hydrogens is 244 g/mol. The van der Waals surface area contributed by atoms with Gasteiger partial charge in [-0.2, -0.15) is 0 Å². The molecule has 18 heavy (non-hydrogen) atoms. The van der Waals surface area contributed by atoms with Gasteiger partial charge in [0.2, 0.25) is 0 Å². The molecule has 4 nitrogen and oxygen atoms in total. The lowest BCUT2D eigenvalue weighted by atomic mass is 10.1. The van der Waals surface area contributed by atoms with Crippen molar-refractivity contribution >= 4 is 18.5 Å². The highest BCUT2D eigenvalue weighted by molar-refractivity contribution is 7.81. The van der Waals surface area contributed by atoms with Gasteiger partial charge in [-0.25, -0.2) is 0 Å². The van der Waals surface area contributed by atoms with Gasteiger partial charge in [0.15, 0.2) is 0 Å². The summed E-state index contributed by atoms with van der Waals surface area (Å²) in [5.41, 5.74) is 7.87. The van der Waals surface area contributed by atoms with Crippen LogP contribution in [0.5, 0.6) is 0 Å². The first-order valence-corrected chi connectivity index (χ1v) is 6.88. The molecule has 0 aromatic heterocycles. The minimum Gasteiger partial charge on any atom is -0.332 e. The van der Waals surface area contributed by atoms with Crippen LogP contribution >= 0.6 is 12.8 Å². The van der Waals surface area contributed by atoms with Crippen LogP contribution in [-0.4, -0.2) is 32.2 Å². The van der Waals surface area contributed by atoms with Gasteiger partial charge in [0.05, 0.1) is 0 Å². The van der Waals surface area contributed by atoms with Crippen LogP contribution in [0.15, 0.2) is 24.3 Å². The van der Waals surface area contributed by atoms with Gasteiger partial charge in [-0.3, -0.25) is 0 Å². The predicted octanol–water partition coefficient (Wildman–Crippen LogP) is 1.01. The highest BCUT2D eigenvalue weighted by atomic mass is 32.1. The molecule has 0 bridgehead atoms. The van der Waals surface area contributed by atoms with Crippen molar-refractivity contribution in [3.63, 3.8) is 0 Å². The average molecular weight is 268 g/mol. The number of hydrogen-bond acceptors (Lipinski definition) is 5. The zero-order chi connectivity index (χ0) is 13.2. The fraction of sp³-hybridized carbons (Fsp3) is 0.538. The third kappa shape index (κ3) is 5.73. The molecule has 0 radical (unpaired) electrons. The molecule has 1 aromatic carbocycles. The maximum atomic E-state index is 5.54. The Balaban J connectivity index is 2.51. The monoisotopic (exact) mass is 268 g/mol. The highest BCUT2D eigenvalue weighted by Gasteiger charge is 2.08. The zero-order valence-electron chi connectivity index (χ0n) is 10.9. The molecule has 0 amide bonds. The van der Waals surface area contributed by atoms with Gasteiger partial charge in [0, 0.05) is 31.4 Å². The van der Waals surface area contributed by atoms with E-state index in [0.29, 0.717) is 12.6 Å². The van der Waals surface area contributed by atoms with E-state index >= 15 is 0 Å². The van der Waals surface area contributed by atoms with Crippen LogP contribution in [0.2, 0.25) is 0 Å². The van der Waals surface area contributed by atoms with Gasteiger partial charge in [0.25, 0.3) is 0 Å². The fourth-order valence-electron chi connectivity index (χ4n) is 1.82. The molecule has 0 fully saturated rings. The predicted molar refractivity (Wildman–Crippen MR) is 82.1 cm³/mol. The Bertz CT molecular complexity index is 307. The van der Waals surface area contributed by atoms with Gasteiger partial charge < -0.3 is 21.1 Å².